The maximum Gasteiger partial charge on any atom is 0.333 e. The highest BCUT2D eigenvalue weighted by molar-refractivity contribution is 5.92. The molecule has 4 heteroatoms. The van der Waals surface area contributed by atoms with Crippen LogP contribution < -0.4 is 5.73 Å². The van der Waals surface area contributed by atoms with Gasteiger partial charge in [0.25, 0.3) is 0 Å². The van der Waals surface area contributed by atoms with E-state index in [0.717, 1.165) is 23.1 Å². The summed E-state index contributed by atoms with van der Waals surface area (Å²) in [5.41, 5.74) is 9.56. The van der Waals surface area contributed by atoms with Crippen LogP contribution in [0.4, 0.5) is 5.82 Å². The topological polar surface area (TPSA) is 65.2 Å². The normalized spacial score (nSPS) is 11.3. The minimum atomic E-state index is -0.283. The fraction of sp³-hybridized carbons (Fsp3) is 0.222. The lowest BCUT2D eigenvalue weighted by molar-refractivity contribution is -0.138. The lowest BCUT2D eigenvalue weighted by Crippen LogP contribution is -2.04. The van der Waals surface area contributed by atoms with Gasteiger partial charge in [-0.15, -0.1) is 0 Å². The Kier molecular flexibility index (Phi) is 5.31. The monoisotopic (exact) mass is 296 g/mol. The van der Waals surface area contributed by atoms with Crippen molar-refractivity contribution in [2.75, 3.05) is 12.3 Å². The van der Waals surface area contributed by atoms with Crippen LogP contribution in [0.25, 0.3) is 6.08 Å². The number of hydrogen-bond acceptors (Lipinski definition) is 4. The largest absolute Gasteiger partial charge is 0.463 e. The second-order valence-electron chi connectivity index (χ2n) is 5.01. The van der Waals surface area contributed by atoms with Crippen LogP contribution in [0.1, 0.15) is 30.5 Å². The highest BCUT2D eigenvalue weighted by atomic mass is 16.5. The second kappa shape index (κ2) is 7.41. The van der Waals surface area contributed by atoms with Crippen molar-refractivity contribution in [3.63, 3.8) is 0 Å². The van der Waals surface area contributed by atoms with E-state index < -0.39 is 0 Å². The summed E-state index contributed by atoms with van der Waals surface area (Å²) in [6, 6.07) is 11.9. The summed E-state index contributed by atoms with van der Waals surface area (Å²) in [6.07, 6.45) is 4.24. The molecule has 0 bridgehead atoms. The van der Waals surface area contributed by atoms with Crippen LogP contribution in [0.5, 0.6) is 0 Å². The van der Waals surface area contributed by atoms with Gasteiger partial charge in [0, 0.05) is 18.2 Å². The van der Waals surface area contributed by atoms with Gasteiger partial charge in [-0.25, -0.2) is 9.78 Å². The quantitative estimate of drug-likeness (QED) is 0.679. The van der Waals surface area contributed by atoms with E-state index in [2.05, 4.69) is 4.98 Å². The third-order valence-electron chi connectivity index (χ3n) is 3.28. The van der Waals surface area contributed by atoms with E-state index >= 15 is 0 Å². The predicted octanol–water partition coefficient (Wildman–Crippen LogP) is 3.22. The molecular weight excluding hydrogens is 276 g/mol. The molecule has 0 saturated heterocycles. The predicted molar refractivity (Wildman–Crippen MR) is 88.2 cm³/mol. The van der Waals surface area contributed by atoms with Gasteiger partial charge >= 0.3 is 5.97 Å². The molecule has 2 aromatic rings. The molecule has 2 N–H and O–H groups in total. The number of nitrogens with zero attached hydrogens (tertiary/aromatic N) is 1. The number of ether oxygens (including phenoxy) is 1. The van der Waals surface area contributed by atoms with Gasteiger partial charge in [-0.05, 0) is 42.7 Å². The van der Waals surface area contributed by atoms with E-state index in [1.807, 2.05) is 42.5 Å². The van der Waals surface area contributed by atoms with Crippen LogP contribution in [-0.2, 0) is 16.0 Å². The fourth-order valence-corrected chi connectivity index (χ4v) is 2.11. The van der Waals surface area contributed by atoms with E-state index in [4.69, 9.17) is 10.5 Å². The zero-order valence-electron chi connectivity index (χ0n) is 12.9. The number of anilines is 1. The molecule has 0 spiro atoms. The molecule has 0 aliphatic heterocycles. The molecule has 1 aromatic carbocycles. The fourth-order valence-electron chi connectivity index (χ4n) is 2.11. The van der Waals surface area contributed by atoms with E-state index in [1.54, 1.807) is 20.0 Å². The van der Waals surface area contributed by atoms with Crippen molar-refractivity contribution >= 4 is 17.9 Å². The Labute approximate surface area is 130 Å². The molecule has 4 nitrogen and oxygen atoms in total. The van der Waals surface area contributed by atoms with Crippen LogP contribution in [0.3, 0.4) is 0 Å². The van der Waals surface area contributed by atoms with Gasteiger partial charge in [-0.3, -0.25) is 0 Å². The molecule has 0 fully saturated rings. The Morgan fingerprint density at radius 3 is 2.64 bits per heavy atom. The lowest BCUT2D eigenvalue weighted by atomic mass is 10.0. The van der Waals surface area contributed by atoms with E-state index in [1.165, 1.54) is 0 Å². The molecule has 1 aromatic heterocycles. The highest BCUT2D eigenvalue weighted by Gasteiger charge is 2.05. The number of aromatic nitrogens is 1. The number of carbonyl (C=O) groups is 1. The Bertz CT molecular complexity index is 676. The van der Waals surface area contributed by atoms with Crippen LogP contribution >= 0.6 is 0 Å². The van der Waals surface area contributed by atoms with Crippen molar-refractivity contribution in [3.8, 4) is 0 Å². The molecule has 114 valence electrons. The standard InChI is InChI=1S/C18H20N2O2/c1-3-22-18(21)13(2)11-14-6-8-15(9-7-14)12-16-5-4-10-20-17(16)19/h4-11H,3,12H2,1-2H3,(H2,19,20). The molecule has 0 saturated carbocycles. The molecule has 0 atom stereocenters. The van der Waals surface area contributed by atoms with Gasteiger partial charge in [0.15, 0.2) is 0 Å². The van der Waals surface area contributed by atoms with Crippen molar-refractivity contribution in [2.45, 2.75) is 20.3 Å². The first kappa shape index (κ1) is 15.8. The molecule has 22 heavy (non-hydrogen) atoms. The number of esters is 1. The molecule has 0 aliphatic carbocycles. The number of nitrogen functional groups attached to an aromatic ring is 1. The molecule has 0 aliphatic rings. The number of pyridine rings is 1. The average molecular weight is 296 g/mol. The first-order chi connectivity index (χ1) is 10.6. The molecule has 2 rings (SSSR count). The van der Waals surface area contributed by atoms with E-state index in [9.17, 15) is 4.79 Å². The maximum atomic E-state index is 11.6. The van der Waals surface area contributed by atoms with Gasteiger partial charge in [-0.2, -0.15) is 0 Å². The van der Waals surface area contributed by atoms with Gasteiger partial charge in [0.2, 0.25) is 0 Å². The number of nitrogens with two attached hydrogens (primary N) is 1. The number of rotatable bonds is 5. The Hall–Kier alpha value is -2.62. The summed E-state index contributed by atoms with van der Waals surface area (Å²) >= 11 is 0. The van der Waals surface area contributed by atoms with Gasteiger partial charge in [0.05, 0.1) is 6.61 Å². The van der Waals surface area contributed by atoms with Crippen molar-refractivity contribution in [3.05, 3.63) is 64.9 Å². The average Bonchev–Trinajstić information content (AvgIpc) is 2.51. The third-order valence-corrected chi connectivity index (χ3v) is 3.28. The van der Waals surface area contributed by atoms with Gasteiger partial charge in [-0.1, -0.05) is 30.3 Å². The summed E-state index contributed by atoms with van der Waals surface area (Å²) in [7, 11) is 0. The number of carbonyl (C=O) groups excluding carboxylic acids is 1. The Morgan fingerprint density at radius 1 is 1.27 bits per heavy atom. The third kappa shape index (κ3) is 4.19. The molecule has 0 amide bonds. The Balaban J connectivity index is 2.09. The first-order valence-electron chi connectivity index (χ1n) is 7.24. The van der Waals surface area contributed by atoms with E-state index in [-0.39, 0.29) is 5.97 Å². The van der Waals surface area contributed by atoms with Crippen LogP contribution in [0.15, 0.2) is 48.2 Å². The minimum absolute atomic E-state index is 0.283. The highest BCUT2D eigenvalue weighted by Crippen LogP contribution is 2.16. The Morgan fingerprint density at radius 2 is 2.00 bits per heavy atom. The van der Waals surface area contributed by atoms with Crippen LogP contribution in [0, 0.1) is 0 Å². The van der Waals surface area contributed by atoms with Gasteiger partial charge in [0.1, 0.15) is 5.82 Å². The number of benzene rings is 1. The van der Waals surface area contributed by atoms with Crippen molar-refractivity contribution < 1.29 is 9.53 Å². The van der Waals surface area contributed by atoms with Gasteiger partial charge < -0.3 is 10.5 Å². The molecule has 0 radical (unpaired) electrons. The van der Waals surface area contributed by atoms with Crippen molar-refractivity contribution in [2.24, 2.45) is 0 Å². The van der Waals surface area contributed by atoms with Crippen LogP contribution in [-0.4, -0.2) is 17.6 Å². The lowest BCUT2D eigenvalue weighted by Gasteiger charge is -2.05. The molecular formula is C18H20N2O2. The summed E-state index contributed by atoms with van der Waals surface area (Å²) in [4.78, 5) is 15.7. The maximum absolute atomic E-state index is 11.6. The smallest absolute Gasteiger partial charge is 0.333 e. The zero-order chi connectivity index (χ0) is 15.9. The first-order valence-corrected chi connectivity index (χ1v) is 7.24. The minimum Gasteiger partial charge on any atom is -0.463 e. The van der Waals surface area contributed by atoms with Crippen molar-refractivity contribution in [1.29, 1.82) is 0 Å². The van der Waals surface area contributed by atoms with Crippen molar-refractivity contribution in [1.82, 2.24) is 4.98 Å². The summed E-state index contributed by atoms with van der Waals surface area (Å²) in [5.74, 6) is 0.277. The summed E-state index contributed by atoms with van der Waals surface area (Å²) < 4.78 is 4.96. The zero-order valence-corrected chi connectivity index (χ0v) is 12.9. The summed E-state index contributed by atoms with van der Waals surface area (Å²) in [5, 5.41) is 0. The molecule has 1 heterocycles. The SMILES string of the molecule is CCOC(=O)C(C)=Cc1ccc(Cc2cccnc2N)cc1. The van der Waals surface area contributed by atoms with E-state index in [0.29, 0.717) is 18.0 Å². The molecule has 0 unspecified atom stereocenters. The van der Waals surface area contributed by atoms with Crippen LogP contribution in [0.2, 0.25) is 0 Å². The summed E-state index contributed by atoms with van der Waals surface area (Å²) in [6.45, 7) is 3.93. The second-order valence-corrected chi connectivity index (χ2v) is 5.01. The number of hydrogen-bond donors (Lipinski definition) is 1.